The van der Waals surface area contributed by atoms with E-state index in [9.17, 15) is 9.59 Å². The van der Waals surface area contributed by atoms with E-state index in [0.29, 0.717) is 20.8 Å². The summed E-state index contributed by atoms with van der Waals surface area (Å²) in [6.45, 7) is 1.28. The Morgan fingerprint density at radius 3 is 2.81 bits per heavy atom. The van der Waals surface area contributed by atoms with Gasteiger partial charge in [-0.25, -0.2) is 9.38 Å². The summed E-state index contributed by atoms with van der Waals surface area (Å²) in [4.78, 5) is 29.2. The number of hydrogen-bond acceptors (Lipinski definition) is 6. The molecule has 4 aromatic rings. The van der Waals surface area contributed by atoms with Crippen LogP contribution in [0.3, 0.4) is 0 Å². The molecule has 0 N–H and O–H groups in total. The fourth-order valence-electron chi connectivity index (χ4n) is 2.83. The van der Waals surface area contributed by atoms with Crippen LogP contribution in [0.4, 0.5) is 0 Å². The van der Waals surface area contributed by atoms with Crippen molar-refractivity contribution in [1.29, 1.82) is 0 Å². The van der Waals surface area contributed by atoms with Gasteiger partial charge in [0, 0.05) is 6.92 Å². The summed E-state index contributed by atoms with van der Waals surface area (Å²) >= 11 is 7.52. The van der Waals surface area contributed by atoms with Crippen LogP contribution in [-0.2, 0) is 4.79 Å². The Labute approximate surface area is 162 Å². The molecule has 0 aliphatic heterocycles. The van der Waals surface area contributed by atoms with Crippen molar-refractivity contribution in [3.05, 3.63) is 61.9 Å². The van der Waals surface area contributed by atoms with Crippen LogP contribution in [0.5, 0.6) is 11.5 Å². The van der Waals surface area contributed by atoms with Crippen molar-refractivity contribution in [3.63, 3.8) is 0 Å². The van der Waals surface area contributed by atoms with Gasteiger partial charge in [-0.1, -0.05) is 35.1 Å². The molecule has 8 heteroatoms. The maximum atomic E-state index is 12.8. The van der Waals surface area contributed by atoms with Gasteiger partial charge in [-0.2, -0.15) is 0 Å². The Kier molecular flexibility index (Phi) is 4.33. The smallest absolute Gasteiger partial charge is 0.308 e. The van der Waals surface area contributed by atoms with Crippen LogP contribution in [-0.4, -0.2) is 22.5 Å². The number of halogens is 1. The van der Waals surface area contributed by atoms with E-state index >= 15 is 0 Å². The van der Waals surface area contributed by atoms with Gasteiger partial charge in [0.1, 0.15) is 0 Å². The topological polar surface area (TPSA) is 69.9 Å². The van der Waals surface area contributed by atoms with Crippen molar-refractivity contribution in [2.24, 2.45) is 0 Å². The third-order valence-electron chi connectivity index (χ3n) is 3.94. The number of methoxy groups -OCH3 is 1. The number of ether oxygens (including phenoxy) is 2. The van der Waals surface area contributed by atoms with Gasteiger partial charge in [-0.3, -0.25) is 9.59 Å². The molecule has 0 unspecified atom stereocenters. The molecule has 0 spiro atoms. The van der Waals surface area contributed by atoms with Crippen molar-refractivity contribution in [2.45, 2.75) is 6.92 Å². The van der Waals surface area contributed by atoms with E-state index in [4.69, 9.17) is 21.1 Å². The molecule has 2 heterocycles. The largest absolute Gasteiger partial charge is 0.493 e. The molecule has 6 nitrogen and oxygen atoms in total. The Hall–Kier alpha value is -2.90. The average molecular weight is 401 g/mol. The van der Waals surface area contributed by atoms with E-state index in [1.807, 2.05) is 24.3 Å². The number of para-hydroxylation sites is 2. The van der Waals surface area contributed by atoms with Crippen molar-refractivity contribution in [2.75, 3.05) is 7.11 Å². The van der Waals surface area contributed by atoms with Gasteiger partial charge in [-0.15, -0.1) is 0 Å². The molecular formula is C19H13ClN2O4S. The molecule has 0 saturated heterocycles. The number of nitrogens with zero attached hydrogens (tertiary/aromatic N) is 2. The van der Waals surface area contributed by atoms with Gasteiger partial charge in [0.15, 0.2) is 16.5 Å². The Morgan fingerprint density at radius 1 is 1.30 bits per heavy atom. The Bertz CT molecular complexity index is 1310. The first-order valence-electron chi connectivity index (χ1n) is 7.95. The van der Waals surface area contributed by atoms with Crippen molar-refractivity contribution in [3.8, 4) is 11.5 Å². The van der Waals surface area contributed by atoms with Crippen LogP contribution in [0.25, 0.3) is 22.1 Å². The van der Waals surface area contributed by atoms with Crippen molar-refractivity contribution < 1.29 is 14.3 Å². The van der Waals surface area contributed by atoms with Crippen LogP contribution in [0.15, 0.2) is 41.2 Å². The number of fused-ring (bicyclic) bond motifs is 3. The normalized spacial score (nSPS) is 12.0. The first-order valence-corrected chi connectivity index (χ1v) is 9.15. The minimum absolute atomic E-state index is 0.150. The summed E-state index contributed by atoms with van der Waals surface area (Å²) in [5.74, 6) is -0.0403. The quantitative estimate of drug-likeness (QED) is 0.390. The zero-order chi connectivity index (χ0) is 19.1. The molecule has 4 rings (SSSR count). The molecule has 0 aliphatic rings. The van der Waals surface area contributed by atoms with Crippen molar-refractivity contribution in [1.82, 2.24) is 9.38 Å². The lowest BCUT2D eigenvalue weighted by molar-refractivity contribution is -0.132. The third-order valence-corrected chi connectivity index (χ3v) is 5.19. The van der Waals surface area contributed by atoms with Gasteiger partial charge in [0.2, 0.25) is 0 Å². The van der Waals surface area contributed by atoms with Gasteiger partial charge >= 0.3 is 5.97 Å². The standard InChI is InChI=1S/C19H13ClN2O4S/c1-10(23)26-17-12(20)7-11(8-15(17)25-2)9-16-18(24)22-14-6-4-3-5-13(14)21-19(22)27-16/h3-9H,1-2H3. The maximum absolute atomic E-state index is 12.8. The summed E-state index contributed by atoms with van der Waals surface area (Å²) in [5, 5.41) is 0.218. The highest BCUT2D eigenvalue weighted by atomic mass is 35.5. The lowest BCUT2D eigenvalue weighted by Gasteiger charge is -2.10. The number of esters is 1. The predicted molar refractivity (Wildman–Crippen MR) is 105 cm³/mol. The van der Waals surface area contributed by atoms with Crippen LogP contribution < -0.4 is 19.6 Å². The number of rotatable bonds is 3. The van der Waals surface area contributed by atoms with Crippen LogP contribution in [0, 0.1) is 0 Å². The highest BCUT2D eigenvalue weighted by Crippen LogP contribution is 2.36. The highest BCUT2D eigenvalue weighted by molar-refractivity contribution is 7.15. The van der Waals surface area contributed by atoms with E-state index in [-0.39, 0.29) is 16.3 Å². The number of carbonyl (C=O) groups excluding carboxylic acids is 1. The van der Waals surface area contributed by atoms with Crippen LogP contribution in [0.2, 0.25) is 5.02 Å². The number of carbonyl (C=O) groups is 1. The zero-order valence-corrected chi connectivity index (χ0v) is 15.9. The summed E-state index contributed by atoms with van der Waals surface area (Å²) in [5.41, 5.74) is 2.05. The SMILES string of the molecule is COc1cc(C=c2sc3nc4ccccc4n3c2=O)cc(Cl)c1OC(C)=O. The number of hydrogen-bond donors (Lipinski definition) is 0. The maximum Gasteiger partial charge on any atom is 0.308 e. The van der Waals surface area contributed by atoms with E-state index in [1.165, 1.54) is 25.4 Å². The summed E-state index contributed by atoms with van der Waals surface area (Å²) in [6, 6.07) is 10.8. The average Bonchev–Trinajstić information content (AvgIpc) is 3.13. The van der Waals surface area contributed by atoms with Crippen LogP contribution in [0.1, 0.15) is 12.5 Å². The number of imidazole rings is 1. The van der Waals surface area contributed by atoms with E-state index < -0.39 is 5.97 Å². The van der Waals surface area contributed by atoms with E-state index in [0.717, 1.165) is 11.0 Å². The van der Waals surface area contributed by atoms with E-state index in [1.54, 1.807) is 22.6 Å². The summed E-state index contributed by atoms with van der Waals surface area (Å²) < 4.78 is 12.5. The number of aromatic nitrogens is 2. The molecule has 2 aromatic carbocycles. The number of thiazole rings is 1. The fraction of sp³-hybridized carbons (Fsp3) is 0.105. The molecule has 0 radical (unpaired) electrons. The fourth-order valence-corrected chi connectivity index (χ4v) is 4.07. The third kappa shape index (κ3) is 3.05. The molecule has 0 amide bonds. The Balaban J connectivity index is 1.89. The lowest BCUT2D eigenvalue weighted by atomic mass is 10.2. The first-order chi connectivity index (χ1) is 13.0. The van der Waals surface area contributed by atoms with Crippen LogP contribution >= 0.6 is 22.9 Å². The highest BCUT2D eigenvalue weighted by Gasteiger charge is 2.15. The summed E-state index contributed by atoms with van der Waals surface area (Å²) in [6.07, 6.45) is 1.71. The molecule has 0 aliphatic carbocycles. The second-order valence-electron chi connectivity index (χ2n) is 5.76. The lowest BCUT2D eigenvalue weighted by Crippen LogP contribution is -2.22. The van der Waals surface area contributed by atoms with Gasteiger partial charge in [0.05, 0.1) is 27.7 Å². The minimum Gasteiger partial charge on any atom is -0.493 e. The second-order valence-corrected chi connectivity index (χ2v) is 7.18. The predicted octanol–water partition coefficient (Wildman–Crippen LogP) is 3.04. The van der Waals surface area contributed by atoms with Crippen molar-refractivity contribution >= 4 is 51.0 Å². The Morgan fingerprint density at radius 2 is 2.07 bits per heavy atom. The molecule has 0 fully saturated rings. The van der Waals surface area contributed by atoms with Gasteiger partial charge < -0.3 is 9.47 Å². The monoisotopic (exact) mass is 400 g/mol. The van der Waals surface area contributed by atoms with Gasteiger partial charge in [-0.05, 0) is 35.9 Å². The molecule has 0 saturated carbocycles. The number of benzene rings is 2. The zero-order valence-electron chi connectivity index (χ0n) is 14.4. The molecule has 2 aromatic heterocycles. The summed E-state index contributed by atoms with van der Waals surface area (Å²) in [7, 11) is 1.45. The molecule has 0 atom stereocenters. The minimum atomic E-state index is -0.500. The molecule has 27 heavy (non-hydrogen) atoms. The molecular weight excluding hydrogens is 388 g/mol. The second kappa shape index (κ2) is 6.68. The molecule has 0 bridgehead atoms. The van der Waals surface area contributed by atoms with Gasteiger partial charge in [0.25, 0.3) is 5.56 Å². The first kappa shape index (κ1) is 17.5. The van der Waals surface area contributed by atoms with E-state index in [2.05, 4.69) is 4.98 Å². The molecule has 136 valence electrons.